The zero-order valence-corrected chi connectivity index (χ0v) is 10.2. The van der Waals surface area contributed by atoms with E-state index >= 15 is 0 Å². The Balaban J connectivity index is 2.89. The first-order valence-electron chi connectivity index (χ1n) is 3.45. The second kappa shape index (κ2) is 5.02. The van der Waals surface area contributed by atoms with Gasteiger partial charge in [0.15, 0.2) is 0 Å². The molecule has 0 unspecified atom stereocenters. The van der Waals surface area contributed by atoms with Gasteiger partial charge in [-0.05, 0) is 12.1 Å². The van der Waals surface area contributed by atoms with Gasteiger partial charge in [-0.1, -0.05) is 51.9 Å². The van der Waals surface area contributed by atoms with Crippen LogP contribution in [0.4, 0.5) is 5.69 Å². The third-order valence-corrected chi connectivity index (χ3v) is 2.86. The fourth-order valence-corrected chi connectivity index (χ4v) is 1.32. The average Bonchev–Trinajstić information content (AvgIpc) is 2.13. The molecule has 0 aliphatic carbocycles. The molecule has 1 N–H and O–H groups in total. The minimum Gasteiger partial charge on any atom is -0.324 e. The maximum Gasteiger partial charge on any atom is 0.234 e. The van der Waals surface area contributed by atoms with Gasteiger partial charge in [-0.25, -0.2) is 0 Å². The van der Waals surface area contributed by atoms with Crippen molar-refractivity contribution < 1.29 is 4.79 Å². The smallest absolute Gasteiger partial charge is 0.234 e. The summed E-state index contributed by atoms with van der Waals surface area (Å²) in [6.45, 7) is 0. The van der Waals surface area contributed by atoms with E-state index in [0.29, 0.717) is 20.2 Å². The number of hydrogen-bond donors (Lipinski definition) is 1. The molecule has 0 saturated carbocycles. The minimum atomic E-state index is -0.0928. The zero-order valence-electron chi connectivity index (χ0n) is 6.48. The molecule has 5 heteroatoms. The Morgan fingerprint density at radius 2 is 2.15 bits per heavy atom. The summed E-state index contributed by atoms with van der Waals surface area (Å²) in [5, 5.41) is 3.45. The maximum atomic E-state index is 11.0. The van der Waals surface area contributed by atoms with E-state index in [0.717, 1.165) is 0 Å². The quantitative estimate of drug-likeness (QED) is 0.654. The zero-order chi connectivity index (χ0) is 9.84. The summed E-state index contributed by atoms with van der Waals surface area (Å²) >= 11 is 13.6. The lowest BCUT2D eigenvalue weighted by Crippen LogP contribution is -2.12. The summed E-state index contributed by atoms with van der Waals surface area (Å²) < 4.78 is 0.389. The van der Waals surface area contributed by atoms with Crippen molar-refractivity contribution in [2.45, 2.75) is 0 Å². The number of benzene rings is 1. The predicted octanol–water partition coefficient (Wildman–Crippen LogP) is 3.37. The van der Waals surface area contributed by atoms with Gasteiger partial charge in [-0.15, -0.1) is 0 Å². The Morgan fingerprint density at radius 3 is 2.77 bits per heavy atom. The monoisotopic (exact) mass is 329 g/mol. The van der Waals surface area contributed by atoms with E-state index in [9.17, 15) is 4.79 Å². The van der Waals surface area contributed by atoms with Gasteiger partial charge in [0.1, 0.15) is 0 Å². The van der Waals surface area contributed by atoms with Crippen LogP contribution in [0.2, 0.25) is 10.0 Å². The van der Waals surface area contributed by atoms with Gasteiger partial charge in [0, 0.05) is 0 Å². The fraction of sp³-hybridized carbons (Fsp3) is 0.125. The second-order valence-corrected chi connectivity index (χ2v) is 3.83. The van der Waals surface area contributed by atoms with Gasteiger partial charge >= 0.3 is 0 Å². The Morgan fingerprint density at radius 1 is 1.46 bits per heavy atom. The van der Waals surface area contributed by atoms with Gasteiger partial charge in [0.25, 0.3) is 0 Å². The number of hydrogen-bond acceptors (Lipinski definition) is 1. The minimum absolute atomic E-state index is 0.0928. The molecule has 70 valence electrons. The van der Waals surface area contributed by atoms with Gasteiger partial charge in [0.05, 0.1) is 20.2 Å². The summed E-state index contributed by atoms with van der Waals surface area (Å²) in [5.41, 5.74) is 0.552. The van der Waals surface area contributed by atoms with Crippen LogP contribution < -0.4 is 5.32 Å². The molecular formula is C8H6Cl2INO. The summed E-state index contributed by atoms with van der Waals surface area (Å²) in [5.74, 6) is -0.0928. The van der Waals surface area contributed by atoms with Crippen molar-refractivity contribution in [2.75, 3.05) is 9.74 Å². The molecule has 13 heavy (non-hydrogen) atoms. The molecule has 0 aliphatic rings. The first kappa shape index (κ1) is 11.1. The van der Waals surface area contributed by atoms with Crippen molar-refractivity contribution >= 4 is 57.4 Å². The lowest BCUT2D eigenvalue weighted by atomic mass is 10.3. The van der Waals surface area contributed by atoms with Crippen LogP contribution in [0.15, 0.2) is 18.2 Å². The molecule has 0 aromatic heterocycles. The van der Waals surface area contributed by atoms with E-state index < -0.39 is 0 Å². The fourth-order valence-electron chi connectivity index (χ4n) is 0.784. The number of nitrogens with one attached hydrogen (secondary N) is 1. The van der Waals surface area contributed by atoms with Crippen LogP contribution in [0.25, 0.3) is 0 Å². The summed E-state index contributed by atoms with van der Waals surface area (Å²) in [6.07, 6.45) is 0. The molecule has 0 atom stereocenters. The topological polar surface area (TPSA) is 29.1 Å². The molecule has 0 bridgehead atoms. The lowest BCUT2D eigenvalue weighted by Gasteiger charge is -2.05. The van der Waals surface area contributed by atoms with Crippen LogP contribution in [-0.4, -0.2) is 10.3 Å². The third kappa shape index (κ3) is 3.00. The Kier molecular flexibility index (Phi) is 4.28. The van der Waals surface area contributed by atoms with Crippen molar-refractivity contribution in [1.82, 2.24) is 0 Å². The van der Waals surface area contributed by atoms with Crippen LogP contribution >= 0.6 is 45.8 Å². The standard InChI is InChI=1S/C8H6Cl2INO/c9-5-2-1-3-6(8(5)10)12-7(13)4-11/h1-3H,4H2,(H,12,13). The number of anilines is 1. The van der Waals surface area contributed by atoms with Crippen molar-refractivity contribution in [3.8, 4) is 0 Å². The molecule has 1 amide bonds. The van der Waals surface area contributed by atoms with Gasteiger partial charge < -0.3 is 5.32 Å². The highest BCUT2D eigenvalue weighted by Gasteiger charge is 2.06. The molecule has 1 aromatic carbocycles. The number of carbonyl (C=O) groups excluding carboxylic acids is 1. The number of carbonyl (C=O) groups is 1. The summed E-state index contributed by atoms with van der Waals surface area (Å²) in [6, 6.07) is 5.11. The van der Waals surface area contributed by atoms with Crippen molar-refractivity contribution in [1.29, 1.82) is 0 Å². The van der Waals surface area contributed by atoms with Crippen LogP contribution in [0.3, 0.4) is 0 Å². The van der Waals surface area contributed by atoms with Crippen LogP contribution in [0, 0.1) is 0 Å². The van der Waals surface area contributed by atoms with Crippen LogP contribution in [-0.2, 0) is 4.79 Å². The maximum absolute atomic E-state index is 11.0. The Bertz CT molecular complexity index is 330. The van der Waals surface area contributed by atoms with Crippen molar-refractivity contribution in [3.63, 3.8) is 0 Å². The first-order valence-corrected chi connectivity index (χ1v) is 5.73. The number of alkyl halides is 1. The van der Waals surface area contributed by atoms with Crippen LogP contribution in [0.5, 0.6) is 0 Å². The molecule has 2 nitrogen and oxygen atoms in total. The average molecular weight is 330 g/mol. The summed E-state index contributed by atoms with van der Waals surface area (Å²) in [7, 11) is 0. The van der Waals surface area contributed by atoms with Gasteiger partial charge in [-0.3, -0.25) is 4.79 Å². The van der Waals surface area contributed by atoms with E-state index in [4.69, 9.17) is 23.2 Å². The predicted molar refractivity (Wildman–Crippen MR) is 64.0 cm³/mol. The molecule has 0 fully saturated rings. The van der Waals surface area contributed by atoms with E-state index in [-0.39, 0.29) is 5.91 Å². The third-order valence-electron chi connectivity index (χ3n) is 1.35. The van der Waals surface area contributed by atoms with E-state index in [1.807, 2.05) is 22.6 Å². The molecule has 1 rings (SSSR count). The Hall–Kier alpha value is -0.000000000000000111. The van der Waals surface area contributed by atoms with Crippen molar-refractivity contribution in [3.05, 3.63) is 28.2 Å². The number of rotatable bonds is 2. The number of halogens is 3. The van der Waals surface area contributed by atoms with Crippen LogP contribution in [0.1, 0.15) is 0 Å². The molecule has 0 spiro atoms. The van der Waals surface area contributed by atoms with Crippen molar-refractivity contribution in [2.24, 2.45) is 0 Å². The van der Waals surface area contributed by atoms with E-state index in [1.54, 1.807) is 18.2 Å². The highest BCUT2D eigenvalue weighted by molar-refractivity contribution is 14.1. The lowest BCUT2D eigenvalue weighted by molar-refractivity contribution is -0.113. The second-order valence-electron chi connectivity index (χ2n) is 2.28. The highest BCUT2D eigenvalue weighted by atomic mass is 127. The SMILES string of the molecule is O=C(CI)Nc1cccc(Cl)c1Cl. The molecule has 0 radical (unpaired) electrons. The largest absolute Gasteiger partial charge is 0.324 e. The normalized spacial score (nSPS) is 9.77. The van der Waals surface area contributed by atoms with E-state index in [2.05, 4.69) is 5.32 Å². The molecule has 0 saturated heterocycles. The molecule has 0 aliphatic heterocycles. The Labute approximate surface area is 99.7 Å². The molecule has 1 aromatic rings. The van der Waals surface area contributed by atoms with E-state index in [1.165, 1.54) is 0 Å². The highest BCUT2D eigenvalue weighted by Crippen LogP contribution is 2.29. The molecular weight excluding hydrogens is 324 g/mol. The first-order chi connectivity index (χ1) is 6.15. The van der Waals surface area contributed by atoms with Gasteiger partial charge in [0.2, 0.25) is 5.91 Å². The van der Waals surface area contributed by atoms with Gasteiger partial charge in [-0.2, -0.15) is 0 Å². The molecule has 0 heterocycles. The summed E-state index contributed by atoms with van der Waals surface area (Å²) in [4.78, 5) is 11.0. The number of amides is 1.